The number of benzene rings is 1. The van der Waals surface area contributed by atoms with E-state index in [-0.39, 0.29) is 24.9 Å². The van der Waals surface area contributed by atoms with Gasteiger partial charge in [-0.3, -0.25) is 9.69 Å². The monoisotopic (exact) mass is 346 g/mol. The Kier molecular flexibility index (Phi) is 4.74. The number of anilines is 2. The quantitative estimate of drug-likeness (QED) is 0.896. The van der Waals surface area contributed by atoms with E-state index in [1.165, 1.54) is 17.9 Å². The first-order chi connectivity index (χ1) is 12.0. The Morgan fingerprint density at radius 1 is 1.48 bits per heavy atom. The molecule has 2 heterocycles. The lowest BCUT2D eigenvalue weighted by Crippen LogP contribution is -2.33. The molecule has 132 valence electrons. The zero-order valence-corrected chi connectivity index (χ0v) is 13.9. The van der Waals surface area contributed by atoms with Gasteiger partial charge >= 0.3 is 6.09 Å². The van der Waals surface area contributed by atoms with Gasteiger partial charge in [-0.25, -0.2) is 9.18 Å². The van der Waals surface area contributed by atoms with E-state index in [0.717, 1.165) is 6.42 Å². The minimum absolute atomic E-state index is 0.0813. The van der Waals surface area contributed by atoms with Crippen LogP contribution in [0.4, 0.5) is 20.6 Å². The van der Waals surface area contributed by atoms with Crippen molar-refractivity contribution in [3.63, 3.8) is 0 Å². The minimum atomic E-state index is -0.562. The predicted octanol–water partition coefficient (Wildman–Crippen LogP) is 1.64. The van der Waals surface area contributed by atoms with E-state index < -0.39 is 18.0 Å². The summed E-state index contributed by atoms with van der Waals surface area (Å²) < 4.78 is 19.7. The second kappa shape index (κ2) is 6.97. The van der Waals surface area contributed by atoms with Gasteiger partial charge in [0.1, 0.15) is 11.9 Å². The number of carbonyl (C=O) groups excluding carboxylic acids is 2. The molecule has 2 amide bonds. The average Bonchev–Trinajstić information content (AvgIpc) is 3.19. The number of nitriles is 1. The maximum Gasteiger partial charge on any atom is 0.414 e. The molecule has 1 N–H and O–H groups in total. The fraction of sp³-hybridized carbons (Fsp3) is 0.471. The maximum absolute atomic E-state index is 14.5. The van der Waals surface area contributed by atoms with Crippen molar-refractivity contribution in [1.82, 2.24) is 5.32 Å². The molecule has 0 spiro atoms. The molecule has 2 aliphatic rings. The van der Waals surface area contributed by atoms with Crippen molar-refractivity contribution in [2.45, 2.75) is 19.4 Å². The Balaban J connectivity index is 1.69. The zero-order chi connectivity index (χ0) is 18.0. The van der Waals surface area contributed by atoms with Gasteiger partial charge in [0.05, 0.1) is 36.5 Å². The van der Waals surface area contributed by atoms with Gasteiger partial charge in [0.15, 0.2) is 0 Å². The molecule has 2 fully saturated rings. The van der Waals surface area contributed by atoms with Crippen molar-refractivity contribution < 1.29 is 18.7 Å². The van der Waals surface area contributed by atoms with Crippen LogP contribution in [0.2, 0.25) is 0 Å². The number of hydrogen-bond donors (Lipinski definition) is 1. The Morgan fingerprint density at radius 2 is 2.28 bits per heavy atom. The van der Waals surface area contributed by atoms with E-state index in [2.05, 4.69) is 11.4 Å². The molecule has 1 aromatic carbocycles. The molecule has 25 heavy (non-hydrogen) atoms. The highest BCUT2D eigenvalue weighted by atomic mass is 19.1. The predicted molar refractivity (Wildman–Crippen MR) is 88.6 cm³/mol. The van der Waals surface area contributed by atoms with Crippen molar-refractivity contribution >= 4 is 23.4 Å². The number of nitrogens with zero attached hydrogens (tertiary/aromatic N) is 3. The summed E-state index contributed by atoms with van der Waals surface area (Å²) in [7, 11) is 0. The second-order valence-electron chi connectivity index (χ2n) is 6.25. The van der Waals surface area contributed by atoms with Gasteiger partial charge in [0.25, 0.3) is 0 Å². The number of ether oxygens (including phenoxy) is 1. The number of halogens is 1. The molecular formula is C17H19FN4O3. The zero-order valence-electron chi connectivity index (χ0n) is 13.9. The van der Waals surface area contributed by atoms with E-state index in [4.69, 9.17) is 10.00 Å². The van der Waals surface area contributed by atoms with E-state index in [9.17, 15) is 14.0 Å². The number of rotatable bonds is 4. The lowest BCUT2D eigenvalue weighted by atomic mass is 10.1. The summed E-state index contributed by atoms with van der Waals surface area (Å²) in [5, 5.41) is 11.6. The lowest BCUT2D eigenvalue weighted by Gasteiger charge is -2.20. The van der Waals surface area contributed by atoms with Crippen LogP contribution in [0.3, 0.4) is 0 Å². The van der Waals surface area contributed by atoms with Gasteiger partial charge in [0.2, 0.25) is 5.91 Å². The molecule has 2 saturated heterocycles. The Labute approximate surface area is 144 Å². The van der Waals surface area contributed by atoms with Gasteiger partial charge in [-0.1, -0.05) is 0 Å². The molecule has 0 radical (unpaired) electrons. The molecule has 0 aliphatic carbocycles. The van der Waals surface area contributed by atoms with Crippen LogP contribution in [-0.4, -0.2) is 44.3 Å². The smallest absolute Gasteiger partial charge is 0.414 e. The number of hydrogen-bond acceptors (Lipinski definition) is 5. The molecule has 1 unspecified atom stereocenters. The summed E-state index contributed by atoms with van der Waals surface area (Å²) >= 11 is 0. The third-order valence-electron chi connectivity index (χ3n) is 4.41. The van der Waals surface area contributed by atoms with E-state index >= 15 is 0 Å². The first-order valence-corrected chi connectivity index (χ1v) is 8.14. The van der Waals surface area contributed by atoms with Gasteiger partial charge in [-0.05, 0) is 24.6 Å². The van der Waals surface area contributed by atoms with E-state index in [1.54, 1.807) is 12.1 Å². The van der Waals surface area contributed by atoms with Gasteiger partial charge in [-0.2, -0.15) is 5.26 Å². The number of carbonyl (C=O) groups is 2. The van der Waals surface area contributed by atoms with Crippen molar-refractivity contribution in [3.8, 4) is 6.07 Å². The van der Waals surface area contributed by atoms with Crippen LogP contribution < -0.4 is 15.1 Å². The fourth-order valence-electron chi connectivity index (χ4n) is 3.10. The molecule has 0 saturated carbocycles. The van der Waals surface area contributed by atoms with Gasteiger partial charge in [-0.15, -0.1) is 0 Å². The van der Waals surface area contributed by atoms with Gasteiger partial charge < -0.3 is 15.0 Å². The standard InChI is InChI=1S/C17H19FN4O3/c1-11(23)20-8-14-10-22(17(24)25-14)13-2-3-16(15(18)6-13)21-5-4-12(7-19)9-21/h2-3,6,12,14H,4-5,8-10H2,1H3,(H,20,23)/t12?,14-/m0/s1. The topological polar surface area (TPSA) is 85.7 Å². The SMILES string of the molecule is CC(=O)NC[C@H]1CN(c2ccc(N3CCC(C#N)C3)c(F)c2)C(=O)O1. The normalized spacial score (nSPS) is 22.7. The molecular weight excluding hydrogens is 327 g/mol. The Morgan fingerprint density at radius 3 is 2.92 bits per heavy atom. The maximum atomic E-state index is 14.5. The van der Waals surface area contributed by atoms with Crippen molar-refractivity contribution in [1.29, 1.82) is 5.26 Å². The number of nitrogens with one attached hydrogen (secondary N) is 1. The highest BCUT2D eigenvalue weighted by molar-refractivity contribution is 5.90. The third-order valence-corrected chi connectivity index (χ3v) is 4.41. The van der Waals surface area contributed by atoms with Gasteiger partial charge in [0, 0.05) is 20.0 Å². The van der Waals surface area contributed by atoms with Crippen LogP contribution in [0.25, 0.3) is 0 Å². The molecule has 2 aliphatic heterocycles. The molecule has 0 bridgehead atoms. The molecule has 1 aromatic rings. The van der Waals surface area contributed by atoms with Crippen LogP contribution >= 0.6 is 0 Å². The summed E-state index contributed by atoms with van der Waals surface area (Å²) in [6.45, 7) is 3.01. The van der Waals surface area contributed by atoms with Crippen LogP contribution in [-0.2, 0) is 9.53 Å². The highest BCUT2D eigenvalue weighted by Crippen LogP contribution is 2.30. The van der Waals surface area contributed by atoms with Crippen LogP contribution in [0.1, 0.15) is 13.3 Å². The molecule has 7 nitrogen and oxygen atoms in total. The average molecular weight is 346 g/mol. The van der Waals surface area contributed by atoms with Crippen molar-refractivity contribution in [3.05, 3.63) is 24.0 Å². The van der Waals surface area contributed by atoms with E-state index in [1.807, 2.05) is 4.90 Å². The third kappa shape index (κ3) is 3.65. The summed E-state index contributed by atoms with van der Waals surface area (Å²) in [5.41, 5.74) is 0.844. The first-order valence-electron chi connectivity index (χ1n) is 8.14. The lowest BCUT2D eigenvalue weighted by molar-refractivity contribution is -0.119. The van der Waals surface area contributed by atoms with Crippen molar-refractivity contribution in [2.24, 2.45) is 5.92 Å². The molecule has 3 rings (SSSR count). The Bertz CT molecular complexity index is 733. The van der Waals surface area contributed by atoms with Crippen LogP contribution in [0, 0.1) is 23.1 Å². The number of cyclic esters (lactones) is 1. The molecule has 0 aromatic heterocycles. The highest BCUT2D eigenvalue weighted by Gasteiger charge is 2.33. The van der Waals surface area contributed by atoms with Crippen LogP contribution in [0.15, 0.2) is 18.2 Å². The van der Waals surface area contributed by atoms with Crippen molar-refractivity contribution in [2.75, 3.05) is 36.0 Å². The Hall–Kier alpha value is -2.82. The van der Waals surface area contributed by atoms with E-state index in [0.29, 0.717) is 24.5 Å². The summed E-state index contributed by atoms with van der Waals surface area (Å²) in [5.74, 6) is -0.720. The first kappa shape index (κ1) is 17.0. The summed E-state index contributed by atoms with van der Waals surface area (Å²) in [6, 6.07) is 6.80. The van der Waals surface area contributed by atoms with Crippen LogP contribution in [0.5, 0.6) is 0 Å². The fourth-order valence-corrected chi connectivity index (χ4v) is 3.10. The molecule has 2 atom stereocenters. The molecule has 8 heteroatoms. The summed E-state index contributed by atoms with van der Waals surface area (Å²) in [4.78, 5) is 26.1. The largest absolute Gasteiger partial charge is 0.442 e. The summed E-state index contributed by atoms with van der Waals surface area (Å²) in [6.07, 6.45) is -0.302. The minimum Gasteiger partial charge on any atom is -0.442 e. The second-order valence-corrected chi connectivity index (χ2v) is 6.25. The number of amides is 2.